The molecule has 0 aliphatic heterocycles. The van der Waals surface area contributed by atoms with E-state index in [1.165, 1.54) is 0 Å². The van der Waals surface area contributed by atoms with Gasteiger partial charge in [0.15, 0.2) is 0 Å². The smallest absolute Gasteiger partial charge is 0.320 e. The molecule has 4 nitrogen and oxygen atoms in total. The Morgan fingerprint density at radius 3 is 2.32 bits per heavy atom. The highest BCUT2D eigenvalue weighted by molar-refractivity contribution is 5.72. The number of ether oxygens (including phenoxy) is 1. The van der Waals surface area contributed by atoms with Crippen LogP contribution in [0.5, 0.6) is 0 Å². The lowest BCUT2D eigenvalue weighted by Gasteiger charge is -2.35. The highest BCUT2D eigenvalue weighted by Crippen LogP contribution is 2.22. The molecule has 19 heavy (non-hydrogen) atoms. The number of carbonyl (C=O) groups is 1. The quantitative estimate of drug-likeness (QED) is 0.779. The lowest BCUT2D eigenvalue weighted by atomic mass is 9.90. The fourth-order valence-corrected chi connectivity index (χ4v) is 2.68. The highest BCUT2D eigenvalue weighted by Gasteiger charge is 2.26. The minimum atomic E-state index is -0.399. The molecule has 112 valence electrons. The van der Waals surface area contributed by atoms with Crippen molar-refractivity contribution in [3.05, 3.63) is 0 Å². The van der Waals surface area contributed by atoms with Crippen molar-refractivity contribution >= 4 is 5.97 Å². The maximum absolute atomic E-state index is 12.0. The van der Waals surface area contributed by atoms with Crippen molar-refractivity contribution in [2.45, 2.75) is 77.5 Å². The largest absolute Gasteiger partial charge is 0.459 e. The molecule has 0 radical (unpaired) electrons. The lowest BCUT2D eigenvalue weighted by molar-refractivity contribution is -0.157. The summed E-state index contributed by atoms with van der Waals surface area (Å²) in [5, 5.41) is 0. The van der Waals surface area contributed by atoms with Crippen LogP contribution in [0.3, 0.4) is 0 Å². The number of carbonyl (C=O) groups excluding carboxylic acids is 1. The molecule has 2 N–H and O–H groups in total. The SMILES string of the molecule is CCCN(CC(=O)OC(C)(C)C)C1CCC(N)CC1. The topological polar surface area (TPSA) is 55.6 Å². The van der Waals surface area contributed by atoms with E-state index >= 15 is 0 Å². The second kappa shape index (κ2) is 7.25. The number of rotatable bonds is 5. The average Bonchev–Trinajstić information content (AvgIpc) is 2.27. The Morgan fingerprint density at radius 1 is 1.26 bits per heavy atom. The zero-order valence-electron chi connectivity index (χ0n) is 12.9. The molecule has 0 aromatic carbocycles. The number of nitrogens with two attached hydrogens (primary N) is 1. The van der Waals surface area contributed by atoms with Gasteiger partial charge in [-0.15, -0.1) is 0 Å². The van der Waals surface area contributed by atoms with Gasteiger partial charge in [0.2, 0.25) is 0 Å². The van der Waals surface area contributed by atoms with Gasteiger partial charge in [0.05, 0.1) is 6.54 Å². The summed E-state index contributed by atoms with van der Waals surface area (Å²) in [4.78, 5) is 14.2. The molecule has 0 atom stereocenters. The second-order valence-electron chi connectivity index (χ2n) is 6.63. The van der Waals surface area contributed by atoms with E-state index in [0.717, 1.165) is 38.6 Å². The van der Waals surface area contributed by atoms with Gasteiger partial charge in [-0.05, 0) is 59.4 Å². The van der Waals surface area contributed by atoms with E-state index in [1.54, 1.807) is 0 Å². The van der Waals surface area contributed by atoms with Gasteiger partial charge in [-0.2, -0.15) is 0 Å². The lowest BCUT2D eigenvalue weighted by Crippen LogP contribution is -2.44. The van der Waals surface area contributed by atoms with Crippen molar-refractivity contribution in [3.63, 3.8) is 0 Å². The monoisotopic (exact) mass is 270 g/mol. The Hall–Kier alpha value is -0.610. The van der Waals surface area contributed by atoms with Crippen molar-refractivity contribution in [2.75, 3.05) is 13.1 Å². The fraction of sp³-hybridized carbons (Fsp3) is 0.933. The van der Waals surface area contributed by atoms with E-state index in [1.807, 2.05) is 20.8 Å². The van der Waals surface area contributed by atoms with Crippen LogP contribution in [0.4, 0.5) is 0 Å². The van der Waals surface area contributed by atoms with Crippen LogP contribution < -0.4 is 5.73 Å². The normalized spacial score (nSPS) is 24.5. The summed E-state index contributed by atoms with van der Waals surface area (Å²) in [5.74, 6) is -0.115. The summed E-state index contributed by atoms with van der Waals surface area (Å²) < 4.78 is 5.42. The van der Waals surface area contributed by atoms with Crippen LogP contribution in [0.2, 0.25) is 0 Å². The minimum absolute atomic E-state index is 0.115. The Kier molecular flexibility index (Phi) is 6.27. The van der Waals surface area contributed by atoms with Gasteiger partial charge >= 0.3 is 5.97 Å². The summed E-state index contributed by atoms with van der Waals surface area (Å²) in [6.45, 7) is 9.25. The first-order valence-electron chi connectivity index (χ1n) is 7.53. The molecule has 0 unspecified atom stereocenters. The molecule has 0 aromatic rings. The summed E-state index contributed by atoms with van der Waals surface area (Å²) in [5.41, 5.74) is 5.55. The van der Waals surface area contributed by atoms with Gasteiger partial charge in [-0.1, -0.05) is 6.92 Å². The van der Waals surface area contributed by atoms with E-state index in [-0.39, 0.29) is 5.97 Å². The molecule has 1 rings (SSSR count). The van der Waals surface area contributed by atoms with Crippen LogP contribution in [-0.2, 0) is 9.53 Å². The minimum Gasteiger partial charge on any atom is -0.459 e. The summed E-state index contributed by atoms with van der Waals surface area (Å²) >= 11 is 0. The van der Waals surface area contributed by atoms with Crippen molar-refractivity contribution in [3.8, 4) is 0 Å². The predicted octanol–water partition coefficient (Wildman–Crippen LogP) is 2.31. The second-order valence-corrected chi connectivity index (χ2v) is 6.63. The van der Waals surface area contributed by atoms with Crippen molar-refractivity contribution in [1.29, 1.82) is 0 Å². The van der Waals surface area contributed by atoms with E-state index in [9.17, 15) is 4.79 Å². The summed E-state index contributed by atoms with van der Waals surface area (Å²) in [6, 6.07) is 0.841. The zero-order valence-corrected chi connectivity index (χ0v) is 12.9. The van der Waals surface area contributed by atoms with E-state index < -0.39 is 5.60 Å². The Balaban J connectivity index is 2.50. The molecule has 0 saturated heterocycles. The predicted molar refractivity (Wildman–Crippen MR) is 77.9 cm³/mol. The first-order chi connectivity index (χ1) is 8.81. The van der Waals surface area contributed by atoms with Crippen LogP contribution in [0.1, 0.15) is 59.8 Å². The molecular weight excluding hydrogens is 240 g/mol. The van der Waals surface area contributed by atoms with E-state index in [2.05, 4.69) is 11.8 Å². The summed E-state index contributed by atoms with van der Waals surface area (Å²) in [7, 11) is 0. The third-order valence-corrected chi connectivity index (χ3v) is 3.52. The molecule has 1 aliphatic rings. The van der Waals surface area contributed by atoms with E-state index in [4.69, 9.17) is 10.5 Å². The molecule has 0 amide bonds. The van der Waals surface area contributed by atoms with Crippen LogP contribution in [0.25, 0.3) is 0 Å². The van der Waals surface area contributed by atoms with Crippen molar-refractivity contribution in [1.82, 2.24) is 4.90 Å². The van der Waals surface area contributed by atoms with Gasteiger partial charge in [-0.25, -0.2) is 0 Å². The van der Waals surface area contributed by atoms with Gasteiger partial charge in [0.1, 0.15) is 5.60 Å². The number of esters is 1. The third-order valence-electron chi connectivity index (χ3n) is 3.52. The molecule has 0 bridgehead atoms. The average molecular weight is 270 g/mol. The van der Waals surface area contributed by atoms with Gasteiger partial charge < -0.3 is 10.5 Å². The Labute approximate surface area is 117 Å². The van der Waals surface area contributed by atoms with Crippen LogP contribution in [0, 0.1) is 0 Å². The molecule has 1 aliphatic carbocycles. The zero-order chi connectivity index (χ0) is 14.5. The molecule has 1 fully saturated rings. The molecule has 4 heteroatoms. The highest BCUT2D eigenvalue weighted by atomic mass is 16.6. The van der Waals surface area contributed by atoms with Gasteiger partial charge in [0.25, 0.3) is 0 Å². The van der Waals surface area contributed by atoms with Gasteiger partial charge in [0, 0.05) is 12.1 Å². The first-order valence-corrected chi connectivity index (χ1v) is 7.53. The third kappa shape index (κ3) is 6.39. The van der Waals surface area contributed by atoms with Gasteiger partial charge in [-0.3, -0.25) is 9.69 Å². The Bertz CT molecular complexity index is 278. The standard InChI is InChI=1S/C15H30N2O2/c1-5-10-17(11-14(18)19-15(2,3)4)13-8-6-12(16)7-9-13/h12-13H,5-11,16H2,1-4H3. The fourth-order valence-electron chi connectivity index (χ4n) is 2.68. The summed E-state index contributed by atoms with van der Waals surface area (Å²) in [6.07, 6.45) is 5.40. The van der Waals surface area contributed by atoms with Crippen molar-refractivity contribution in [2.24, 2.45) is 5.73 Å². The number of nitrogens with zero attached hydrogens (tertiary/aromatic N) is 1. The first kappa shape index (κ1) is 16.4. The van der Waals surface area contributed by atoms with E-state index in [0.29, 0.717) is 18.6 Å². The molecule has 0 heterocycles. The maximum Gasteiger partial charge on any atom is 0.320 e. The Morgan fingerprint density at radius 2 is 1.84 bits per heavy atom. The van der Waals surface area contributed by atoms with Crippen LogP contribution in [-0.4, -0.2) is 41.6 Å². The number of hydrogen-bond donors (Lipinski definition) is 1. The van der Waals surface area contributed by atoms with Crippen LogP contribution in [0.15, 0.2) is 0 Å². The molecule has 1 saturated carbocycles. The number of hydrogen-bond acceptors (Lipinski definition) is 4. The van der Waals surface area contributed by atoms with Crippen molar-refractivity contribution < 1.29 is 9.53 Å². The molecular formula is C15H30N2O2. The molecule has 0 spiro atoms. The maximum atomic E-state index is 12.0. The molecule has 0 aromatic heterocycles. The van der Waals surface area contributed by atoms with Crippen LogP contribution >= 0.6 is 0 Å².